The van der Waals surface area contributed by atoms with E-state index in [0.29, 0.717) is 6.54 Å². The summed E-state index contributed by atoms with van der Waals surface area (Å²) in [6, 6.07) is 11.9. The number of aryl methyl sites for hydroxylation is 1. The van der Waals surface area contributed by atoms with E-state index in [1.165, 1.54) is 0 Å². The molecule has 2 heterocycles. The Morgan fingerprint density at radius 2 is 2.11 bits per heavy atom. The van der Waals surface area contributed by atoms with Crippen LogP contribution in [0.15, 0.2) is 53.3 Å². The number of hydrogen-bond donors (Lipinski definition) is 1. The molecule has 0 fully saturated rings. The third-order valence-corrected chi connectivity index (χ3v) is 2.75. The molecule has 0 aliphatic carbocycles. The topological polar surface area (TPSA) is 55.9 Å². The van der Waals surface area contributed by atoms with E-state index in [0.717, 1.165) is 23.1 Å². The maximum atomic E-state index is 5.07. The van der Waals surface area contributed by atoms with Gasteiger partial charge in [0.05, 0.1) is 6.54 Å². The van der Waals surface area contributed by atoms with Gasteiger partial charge in [-0.05, 0) is 19.1 Å². The summed E-state index contributed by atoms with van der Waals surface area (Å²) in [5.41, 5.74) is 1.89. The van der Waals surface area contributed by atoms with Crippen molar-refractivity contribution >= 4 is 11.6 Å². The number of aromatic nitrogens is 3. The molecule has 96 valence electrons. The summed E-state index contributed by atoms with van der Waals surface area (Å²) in [5.74, 6) is 1.60. The highest BCUT2D eigenvalue weighted by Gasteiger charge is 2.06. The lowest BCUT2D eigenvalue weighted by Gasteiger charge is -2.08. The number of anilines is 2. The van der Waals surface area contributed by atoms with Crippen LogP contribution in [0.5, 0.6) is 0 Å². The van der Waals surface area contributed by atoms with Crippen molar-refractivity contribution in [2.75, 3.05) is 5.32 Å². The highest BCUT2D eigenvalue weighted by Crippen LogP contribution is 2.15. The van der Waals surface area contributed by atoms with Crippen molar-refractivity contribution < 1.29 is 4.52 Å². The van der Waals surface area contributed by atoms with Crippen LogP contribution in [-0.2, 0) is 6.54 Å². The molecule has 0 radical (unpaired) electrons. The van der Waals surface area contributed by atoms with Gasteiger partial charge in [0.25, 0.3) is 0 Å². The molecule has 3 rings (SSSR count). The second-order valence-corrected chi connectivity index (χ2v) is 4.30. The predicted molar refractivity (Wildman–Crippen MR) is 72.3 cm³/mol. The van der Waals surface area contributed by atoms with Crippen LogP contribution in [0.2, 0.25) is 0 Å². The van der Waals surface area contributed by atoms with Gasteiger partial charge in [0.1, 0.15) is 11.5 Å². The molecule has 0 spiro atoms. The summed E-state index contributed by atoms with van der Waals surface area (Å²) in [5, 5.41) is 7.26. The molecule has 0 atom stereocenters. The fraction of sp³-hybridized carbons (Fsp3) is 0.143. The van der Waals surface area contributed by atoms with Crippen molar-refractivity contribution in [1.82, 2.24) is 14.7 Å². The van der Waals surface area contributed by atoms with E-state index in [2.05, 4.69) is 15.5 Å². The van der Waals surface area contributed by atoms with Gasteiger partial charge in [0, 0.05) is 24.1 Å². The second-order valence-electron chi connectivity index (χ2n) is 4.30. The smallest absolute Gasteiger partial charge is 0.207 e. The normalized spacial score (nSPS) is 10.6. The molecule has 19 heavy (non-hydrogen) atoms. The quantitative estimate of drug-likeness (QED) is 0.777. The Balaban J connectivity index is 1.79. The molecule has 0 aliphatic rings. The van der Waals surface area contributed by atoms with Crippen molar-refractivity contribution in [3.05, 3.63) is 60.2 Å². The average Bonchev–Trinajstić information content (AvgIpc) is 3.01. The summed E-state index contributed by atoms with van der Waals surface area (Å²) >= 11 is 0. The maximum absolute atomic E-state index is 5.07. The zero-order valence-electron chi connectivity index (χ0n) is 10.6. The van der Waals surface area contributed by atoms with E-state index in [1.807, 2.05) is 54.1 Å². The Bertz CT molecular complexity index is 657. The van der Waals surface area contributed by atoms with Crippen LogP contribution in [0.25, 0.3) is 0 Å². The zero-order valence-corrected chi connectivity index (χ0v) is 10.6. The second kappa shape index (κ2) is 4.97. The molecule has 0 amide bonds. The van der Waals surface area contributed by atoms with E-state index in [-0.39, 0.29) is 0 Å². The van der Waals surface area contributed by atoms with Crippen LogP contribution in [0.3, 0.4) is 0 Å². The van der Waals surface area contributed by atoms with Gasteiger partial charge in [0.15, 0.2) is 0 Å². The molecule has 0 unspecified atom stereocenters. The van der Waals surface area contributed by atoms with Crippen LogP contribution in [0.4, 0.5) is 11.6 Å². The number of nitrogens with one attached hydrogen (secondary N) is 1. The lowest BCUT2D eigenvalue weighted by molar-refractivity contribution is 0.389. The molecule has 5 heteroatoms. The number of para-hydroxylation sites is 1. The molecule has 1 N–H and O–H groups in total. The van der Waals surface area contributed by atoms with E-state index in [9.17, 15) is 0 Å². The molecule has 2 aromatic heterocycles. The van der Waals surface area contributed by atoms with Gasteiger partial charge in [-0.3, -0.25) is 0 Å². The first kappa shape index (κ1) is 11.5. The molecule has 3 aromatic rings. The third kappa shape index (κ3) is 2.65. The lowest BCUT2D eigenvalue weighted by atomic mass is 10.3. The summed E-state index contributed by atoms with van der Waals surface area (Å²) < 4.78 is 7.06. The minimum atomic E-state index is 0.631. The van der Waals surface area contributed by atoms with E-state index >= 15 is 0 Å². The molecular weight excluding hydrogens is 240 g/mol. The largest absolute Gasteiger partial charge is 0.361 e. The average molecular weight is 254 g/mol. The lowest BCUT2D eigenvalue weighted by Crippen LogP contribution is -2.04. The number of rotatable bonds is 4. The molecule has 0 saturated carbocycles. The monoisotopic (exact) mass is 254 g/mol. The van der Waals surface area contributed by atoms with Crippen molar-refractivity contribution in [3.8, 4) is 0 Å². The highest BCUT2D eigenvalue weighted by atomic mass is 16.5. The number of hydrogen-bond acceptors (Lipinski definition) is 4. The third-order valence-electron chi connectivity index (χ3n) is 2.75. The van der Waals surface area contributed by atoms with Crippen LogP contribution in [0.1, 0.15) is 11.5 Å². The first-order chi connectivity index (χ1) is 9.31. The van der Waals surface area contributed by atoms with E-state index < -0.39 is 0 Å². The SMILES string of the molecule is Cc1cc(Cn2ccnc2Nc2ccccc2)no1. The molecule has 0 aliphatic heterocycles. The van der Waals surface area contributed by atoms with Gasteiger partial charge < -0.3 is 14.4 Å². The standard InChI is InChI=1S/C14H14N4O/c1-11-9-13(17-19-11)10-18-8-7-15-14(18)16-12-5-3-2-4-6-12/h2-9H,10H2,1H3,(H,15,16). The molecule has 0 bridgehead atoms. The molecule has 0 saturated heterocycles. The highest BCUT2D eigenvalue weighted by molar-refractivity contribution is 5.53. The Morgan fingerprint density at radius 1 is 1.26 bits per heavy atom. The van der Waals surface area contributed by atoms with Crippen LogP contribution < -0.4 is 5.32 Å². The zero-order chi connectivity index (χ0) is 13.1. The van der Waals surface area contributed by atoms with Gasteiger partial charge >= 0.3 is 0 Å². The Kier molecular flexibility index (Phi) is 3.02. The number of nitrogens with zero attached hydrogens (tertiary/aromatic N) is 3. The minimum Gasteiger partial charge on any atom is -0.361 e. The van der Waals surface area contributed by atoms with Crippen molar-refractivity contribution in [1.29, 1.82) is 0 Å². The first-order valence-electron chi connectivity index (χ1n) is 6.07. The van der Waals surface area contributed by atoms with Crippen LogP contribution >= 0.6 is 0 Å². The number of benzene rings is 1. The van der Waals surface area contributed by atoms with Crippen LogP contribution in [-0.4, -0.2) is 14.7 Å². The van der Waals surface area contributed by atoms with Crippen LogP contribution in [0, 0.1) is 6.92 Å². The summed E-state index contributed by atoms with van der Waals surface area (Å²) in [4.78, 5) is 4.31. The van der Waals surface area contributed by atoms with Gasteiger partial charge in [-0.25, -0.2) is 4.98 Å². The van der Waals surface area contributed by atoms with Crippen molar-refractivity contribution in [2.24, 2.45) is 0 Å². The van der Waals surface area contributed by atoms with Gasteiger partial charge in [-0.2, -0.15) is 0 Å². The molecule has 5 nitrogen and oxygen atoms in total. The Hall–Kier alpha value is -2.56. The Morgan fingerprint density at radius 3 is 2.84 bits per heavy atom. The van der Waals surface area contributed by atoms with E-state index in [4.69, 9.17) is 4.52 Å². The van der Waals surface area contributed by atoms with Gasteiger partial charge in [-0.15, -0.1) is 0 Å². The Labute approximate surface area is 110 Å². The van der Waals surface area contributed by atoms with Gasteiger partial charge in [0.2, 0.25) is 5.95 Å². The minimum absolute atomic E-state index is 0.631. The predicted octanol–water partition coefficient (Wildman–Crippen LogP) is 2.97. The fourth-order valence-corrected chi connectivity index (χ4v) is 1.88. The molecular formula is C14H14N4O. The maximum Gasteiger partial charge on any atom is 0.207 e. The van der Waals surface area contributed by atoms with E-state index in [1.54, 1.807) is 6.20 Å². The van der Waals surface area contributed by atoms with Crippen molar-refractivity contribution in [3.63, 3.8) is 0 Å². The van der Waals surface area contributed by atoms with Crippen molar-refractivity contribution in [2.45, 2.75) is 13.5 Å². The fourth-order valence-electron chi connectivity index (χ4n) is 1.88. The summed E-state index contributed by atoms with van der Waals surface area (Å²) in [6.07, 6.45) is 3.67. The summed E-state index contributed by atoms with van der Waals surface area (Å²) in [6.45, 7) is 2.51. The first-order valence-corrected chi connectivity index (χ1v) is 6.07. The summed E-state index contributed by atoms with van der Waals surface area (Å²) in [7, 11) is 0. The van der Waals surface area contributed by atoms with Gasteiger partial charge in [-0.1, -0.05) is 23.4 Å². The number of imidazole rings is 1. The molecule has 1 aromatic carbocycles.